The van der Waals surface area contributed by atoms with Crippen molar-refractivity contribution in [2.75, 3.05) is 21.3 Å². The predicted molar refractivity (Wildman–Crippen MR) is 85.5 cm³/mol. The second-order valence-electron chi connectivity index (χ2n) is 4.10. The van der Waals surface area contributed by atoms with Crippen LogP contribution in [0.4, 0.5) is 0 Å². The molecule has 2 rings (SSSR count). The molecule has 1 aromatic heterocycles. The first-order valence-electron chi connectivity index (χ1n) is 6.37. The van der Waals surface area contributed by atoms with Crippen molar-refractivity contribution in [2.24, 2.45) is 5.10 Å². The monoisotopic (exact) mass is 320 g/mol. The number of hydrogen-bond donors (Lipinski definition) is 1. The summed E-state index contributed by atoms with van der Waals surface area (Å²) in [5, 5.41) is 5.77. The van der Waals surface area contributed by atoms with Crippen molar-refractivity contribution in [3.8, 4) is 17.2 Å². The number of benzene rings is 1. The number of amides is 1. The second kappa shape index (κ2) is 7.46. The number of thiophene rings is 1. The third kappa shape index (κ3) is 3.37. The second-order valence-corrected chi connectivity index (χ2v) is 5.05. The molecule has 1 aromatic carbocycles. The zero-order valence-electron chi connectivity index (χ0n) is 12.5. The molecule has 0 bridgehead atoms. The molecular weight excluding hydrogens is 304 g/mol. The van der Waals surface area contributed by atoms with E-state index in [1.807, 2.05) is 5.38 Å². The molecule has 1 amide bonds. The molecule has 1 heterocycles. The number of nitrogens with zero attached hydrogens (tertiary/aromatic N) is 1. The highest BCUT2D eigenvalue weighted by Gasteiger charge is 2.14. The van der Waals surface area contributed by atoms with E-state index in [1.165, 1.54) is 31.8 Å². The van der Waals surface area contributed by atoms with E-state index in [2.05, 4.69) is 10.5 Å². The summed E-state index contributed by atoms with van der Waals surface area (Å²) in [5.74, 6) is 1.25. The van der Waals surface area contributed by atoms with E-state index in [4.69, 9.17) is 14.2 Å². The number of hydrazone groups is 1. The molecule has 7 heteroatoms. The van der Waals surface area contributed by atoms with Crippen molar-refractivity contribution in [2.45, 2.75) is 0 Å². The van der Waals surface area contributed by atoms with E-state index >= 15 is 0 Å². The smallest absolute Gasteiger partial charge is 0.281 e. The standard InChI is InChI=1S/C15H16N2O4S/c1-19-11-7-6-10(13(20-2)14(11)21-3)9-16-17-15(18)12-5-4-8-22-12/h4-9H,1-3H3,(H,17,18)/b16-9-. The van der Waals surface area contributed by atoms with Gasteiger partial charge >= 0.3 is 0 Å². The summed E-state index contributed by atoms with van der Waals surface area (Å²) in [6, 6.07) is 7.04. The van der Waals surface area contributed by atoms with Gasteiger partial charge in [0.15, 0.2) is 11.5 Å². The molecule has 0 saturated heterocycles. The van der Waals surface area contributed by atoms with Gasteiger partial charge in [-0.3, -0.25) is 4.79 Å². The van der Waals surface area contributed by atoms with Gasteiger partial charge in [-0.1, -0.05) is 6.07 Å². The Labute approximate surface area is 132 Å². The normalized spacial score (nSPS) is 10.5. The lowest BCUT2D eigenvalue weighted by molar-refractivity contribution is 0.0959. The quantitative estimate of drug-likeness (QED) is 0.656. The summed E-state index contributed by atoms with van der Waals surface area (Å²) >= 11 is 1.35. The fourth-order valence-electron chi connectivity index (χ4n) is 1.85. The summed E-state index contributed by atoms with van der Waals surface area (Å²) in [7, 11) is 4.60. The molecule has 0 aliphatic heterocycles. The Bertz CT molecular complexity index is 668. The van der Waals surface area contributed by atoms with Crippen LogP contribution in [-0.2, 0) is 0 Å². The summed E-state index contributed by atoms with van der Waals surface area (Å²) in [6.07, 6.45) is 1.49. The average Bonchev–Trinajstić information content (AvgIpc) is 3.08. The minimum atomic E-state index is -0.259. The molecule has 2 aromatic rings. The predicted octanol–water partition coefficient (Wildman–Crippen LogP) is 2.54. The van der Waals surface area contributed by atoms with Crippen LogP contribution in [0.1, 0.15) is 15.2 Å². The fourth-order valence-corrected chi connectivity index (χ4v) is 2.46. The molecule has 0 unspecified atom stereocenters. The molecule has 22 heavy (non-hydrogen) atoms. The van der Waals surface area contributed by atoms with E-state index in [9.17, 15) is 4.79 Å². The lowest BCUT2D eigenvalue weighted by Crippen LogP contribution is -2.16. The van der Waals surface area contributed by atoms with E-state index in [0.717, 1.165) is 0 Å². The average molecular weight is 320 g/mol. The van der Waals surface area contributed by atoms with Gasteiger partial charge in [-0.05, 0) is 23.6 Å². The zero-order valence-corrected chi connectivity index (χ0v) is 13.3. The molecule has 116 valence electrons. The van der Waals surface area contributed by atoms with Crippen molar-refractivity contribution < 1.29 is 19.0 Å². The number of hydrogen-bond acceptors (Lipinski definition) is 6. The Kier molecular flexibility index (Phi) is 5.37. The Hall–Kier alpha value is -2.54. The first-order chi connectivity index (χ1) is 10.7. The van der Waals surface area contributed by atoms with Gasteiger partial charge in [-0.15, -0.1) is 11.3 Å². The summed E-state index contributed by atoms with van der Waals surface area (Å²) in [4.78, 5) is 12.4. The number of carbonyl (C=O) groups excluding carboxylic acids is 1. The van der Waals surface area contributed by atoms with Gasteiger partial charge in [0.25, 0.3) is 5.91 Å². The van der Waals surface area contributed by atoms with Crippen LogP contribution in [-0.4, -0.2) is 33.5 Å². The molecule has 0 aliphatic carbocycles. The Morgan fingerprint density at radius 2 is 1.91 bits per heavy atom. The van der Waals surface area contributed by atoms with Gasteiger partial charge < -0.3 is 14.2 Å². The highest BCUT2D eigenvalue weighted by molar-refractivity contribution is 7.12. The Morgan fingerprint density at radius 3 is 2.50 bits per heavy atom. The van der Waals surface area contributed by atoms with Gasteiger partial charge in [0.2, 0.25) is 5.75 Å². The fraction of sp³-hybridized carbons (Fsp3) is 0.200. The van der Waals surface area contributed by atoms with E-state index in [-0.39, 0.29) is 5.91 Å². The number of ether oxygens (including phenoxy) is 3. The van der Waals surface area contributed by atoms with Crippen molar-refractivity contribution in [3.63, 3.8) is 0 Å². The first-order valence-corrected chi connectivity index (χ1v) is 7.25. The molecule has 0 radical (unpaired) electrons. The minimum absolute atomic E-state index is 0.259. The van der Waals surface area contributed by atoms with Crippen LogP contribution in [0, 0.1) is 0 Å². The van der Waals surface area contributed by atoms with Gasteiger partial charge in [0.1, 0.15) is 0 Å². The lowest BCUT2D eigenvalue weighted by Gasteiger charge is -2.13. The number of rotatable bonds is 6. The van der Waals surface area contributed by atoms with Crippen LogP contribution < -0.4 is 19.6 Å². The van der Waals surface area contributed by atoms with Crippen LogP contribution in [0.25, 0.3) is 0 Å². The number of carbonyl (C=O) groups is 1. The number of methoxy groups -OCH3 is 3. The van der Waals surface area contributed by atoms with Crippen LogP contribution in [0.2, 0.25) is 0 Å². The Morgan fingerprint density at radius 1 is 1.14 bits per heavy atom. The molecule has 0 aliphatic rings. The Balaban J connectivity index is 2.18. The SMILES string of the molecule is COc1ccc(/C=N\NC(=O)c2cccs2)c(OC)c1OC. The third-order valence-corrected chi connectivity index (χ3v) is 3.72. The maximum atomic E-state index is 11.8. The third-order valence-electron chi connectivity index (χ3n) is 2.85. The van der Waals surface area contributed by atoms with Gasteiger partial charge in [0, 0.05) is 5.56 Å². The maximum absolute atomic E-state index is 11.8. The van der Waals surface area contributed by atoms with Crippen LogP contribution in [0.3, 0.4) is 0 Å². The van der Waals surface area contributed by atoms with Crippen LogP contribution in [0.15, 0.2) is 34.7 Å². The van der Waals surface area contributed by atoms with Crippen LogP contribution >= 0.6 is 11.3 Å². The van der Waals surface area contributed by atoms with Crippen molar-refractivity contribution >= 4 is 23.5 Å². The van der Waals surface area contributed by atoms with Crippen molar-refractivity contribution in [3.05, 3.63) is 40.1 Å². The van der Waals surface area contributed by atoms with Crippen LogP contribution in [0.5, 0.6) is 17.2 Å². The minimum Gasteiger partial charge on any atom is -0.493 e. The molecule has 0 atom stereocenters. The highest BCUT2D eigenvalue weighted by Crippen LogP contribution is 2.38. The topological polar surface area (TPSA) is 69.2 Å². The first kappa shape index (κ1) is 15.8. The van der Waals surface area contributed by atoms with E-state index in [0.29, 0.717) is 27.7 Å². The van der Waals surface area contributed by atoms with E-state index in [1.54, 1.807) is 31.4 Å². The summed E-state index contributed by atoms with van der Waals surface area (Å²) in [6.45, 7) is 0. The number of nitrogens with one attached hydrogen (secondary N) is 1. The summed E-state index contributed by atoms with van der Waals surface area (Å²) < 4.78 is 15.8. The molecule has 0 spiro atoms. The van der Waals surface area contributed by atoms with Crippen molar-refractivity contribution in [1.82, 2.24) is 5.43 Å². The van der Waals surface area contributed by atoms with Gasteiger partial charge in [-0.25, -0.2) is 5.43 Å². The molecule has 0 fully saturated rings. The van der Waals surface area contributed by atoms with Gasteiger partial charge in [0.05, 0.1) is 32.4 Å². The van der Waals surface area contributed by atoms with Gasteiger partial charge in [-0.2, -0.15) is 5.10 Å². The zero-order chi connectivity index (χ0) is 15.9. The van der Waals surface area contributed by atoms with E-state index < -0.39 is 0 Å². The highest BCUT2D eigenvalue weighted by atomic mass is 32.1. The summed E-state index contributed by atoms with van der Waals surface area (Å²) in [5.41, 5.74) is 3.12. The molecular formula is C15H16N2O4S. The lowest BCUT2D eigenvalue weighted by atomic mass is 10.2. The van der Waals surface area contributed by atoms with Crippen molar-refractivity contribution in [1.29, 1.82) is 0 Å². The molecule has 6 nitrogen and oxygen atoms in total. The largest absolute Gasteiger partial charge is 0.493 e. The molecule has 1 N–H and O–H groups in total. The molecule has 0 saturated carbocycles. The maximum Gasteiger partial charge on any atom is 0.281 e.